The Balaban J connectivity index is 2.34. The van der Waals surface area contributed by atoms with Gasteiger partial charge in [-0.15, -0.1) is 6.58 Å². The summed E-state index contributed by atoms with van der Waals surface area (Å²) in [6.45, 7) is 8.17. The highest BCUT2D eigenvalue weighted by Crippen LogP contribution is 2.48. The molecule has 1 unspecified atom stereocenters. The molecule has 0 saturated heterocycles. The van der Waals surface area contributed by atoms with Crippen LogP contribution in [0.1, 0.15) is 33.1 Å². The molecule has 1 aliphatic rings. The van der Waals surface area contributed by atoms with Gasteiger partial charge in [0, 0.05) is 6.04 Å². The molecule has 1 nitrogen and oxygen atoms in total. The number of nitrogens with two attached hydrogens (primary N) is 1. The van der Waals surface area contributed by atoms with E-state index in [0.717, 1.165) is 6.42 Å². The van der Waals surface area contributed by atoms with Crippen LogP contribution in [0.2, 0.25) is 0 Å². The molecule has 1 aliphatic carbocycles. The second-order valence-corrected chi connectivity index (χ2v) is 3.92. The van der Waals surface area contributed by atoms with E-state index in [4.69, 9.17) is 5.73 Å². The minimum absolute atomic E-state index is 0.352. The Morgan fingerprint density at radius 1 is 1.70 bits per heavy atom. The lowest BCUT2D eigenvalue weighted by Crippen LogP contribution is -2.29. The Kier molecular flexibility index (Phi) is 1.86. The fourth-order valence-electron chi connectivity index (χ4n) is 1.19. The molecule has 0 amide bonds. The third kappa shape index (κ3) is 1.60. The van der Waals surface area contributed by atoms with Crippen LogP contribution in [-0.2, 0) is 0 Å². The minimum Gasteiger partial charge on any atom is -0.327 e. The Bertz CT molecular complexity index is 145. The first kappa shape index (κ1) is 7.80. The Labute approximate surface area is 63.3 Å². The first-order chi connectivity index (χ1) is 4.54. The average molecular weight is 139 g/mol. The molecule has 0 spiro atoms. The zero-order chi connectivity index (χ0) is 7.78. The zero-order valence-electron chi connectivity index (χ0n) is 6.98. The summed E-state index contributed by atoms with van der Waals surface area (Å²) in [6, 6.07) is 0.352. The van der Waals surface area contributed by atoms with E-state index in [2.05, 4.69) is 13.5 Å². The van der Waals surface area contributed by atoms with Crippen molar-refractivity contribution in [2.45, 2.75) is 39.2 Å². The van der Waals surface area contributed by atoms with Gasteiger partial charge >= 0.3 is 0 Å². The van der Waals surface area contributed by atoms with E-state index in [-0.39, 0.29) is 0 Å². The highest BCUT2D eigenvalue weighted by molar-refractivity contribution is 5.03. The predicted octanol–water partition coefficient (Wildman–Crippen LogP) is 2.08. The van der Waals surface area contributed by atoms with Crippen molar-refractivity contribution < 1.29 is 0 Å². The largest absolute Gasteiger partial charge is 0.327 e. The molecule has 0 aromatic carbocycles. The van der Waals surface area contributed by atoms with E-state index in [1.54, 1.807) is 0 Å². The Hall–Kier alpha value is -0.300. The van der Waals surface area contributed by atoms with Crippen molar-refractivity contribution in [2.75, 3.05) is 0 Å². The van der Waals surface area contributed by atoms with Crippen LogP contribution in [0, 0.1) is 5.41 Å². The molecule has 0 aromatic rings. The van der Waals surface area contributed by atoms with Crippen LogP contribution in [0.15, 0.2) is 12.2 Å². The molecule has 1 fully saturated rings. The lowest BCUT2D eigenvalue weighted by Gasteiger charge is -2.18. The van der Waals surface area contributed by atoms with Crippen molar-refractivity contribution in [3.8, 4) is 0 Å². The first-order valence-electron chi connectivity index (χ1n) is 3.94. The lowest BCUT2D eigenvalue weighted by molar-refractivity contribution is 0.432. The molecule has 58 valence electrons. The zero-order valence-corrected chi connectivity index (χ0v) is 6.98. The van der Waals surface area contributed by atoms with Crippen LogP contribution in [0.4, 0.5) is 0 Å². The molecule has 1 atom stereocenters. The summed E-state index contributed by atoms with van der Waals surface area (Å²) < 4.78 is 0. The lowest BCUT2D eigenvalue weighted by atomic mass is 9.94. The number of rotatable bonds is 3. The van der Waals surface area contributed by atoms with Gasteiger partial charge in [0.05, 0.1) is 0 Å². The molecule has 0 radical (unpaired) electrons. The molecule has 1 rings (SSSR count). The van der Waals surface area contributed by atoms with Gasteiger partial charge in [0.1, 0.15) is 0 Å². The van der Waals surface area contributed by atoms with Gasteiger partial charge in [-0.25, -0.2) is 0 Å². The fourth-order valence-corrected chi connectivity index (χ4v) is 1.19. The van der Waals surface area contributed by atoms with Crippen molar-refractivity contribution in [1.29, 1.82) is 0 Å². The second-order valence-electron chi connectivity index (χ2n) is 3.92. The maximum Gasteiger partial charge on any atom is 0.0130 e. The standard InChI is InChI=1S/C9H17N/c1-7(2)6-8(10)9(3)4-5-9/h8H,1,4-6,10H2,2-3H3. The maximum atomic E-state index is 5.95. The van der Waals surface area contributed by atoms with Crippen LogP contribution in [-0.4, -0.2) is 6.04 Å². The minimum atomic E-state index is 0.352. The van der Waals surface area contributed by atoms with Crippen molar-refractivity contribution in [3.63, 3.8) is 0 Å². The van der Waals surface area contributed by atoms with Crippen molar-refractivity contribution in [3.05, 3.63) is 12.2 Å². The van der Waals surface area contributed by atoms with E-state index >= 15 is 0 Å². The summed E-state index contributed by atoms with van der Waals surface area (Å²) in [5.41, 5.74) is 7.62. The molecular formula is C9H17N. The van der Waals surface area contributed by atoms with E-state index in [0.29, 0.717) is 11.5 Å². The van der Waals surface area contributed by atoms with Gasteiger partial charge in [0.25, 0.3) is 0 Å². The quantitative estimate of drug-likeness (QED) is 0.595. The molecule has 10 heavy (non-hydrogen) atoms. The van der Waals surface area contributed by atoms with Gasteiger partial charge < -0.3 is 5.73 Å². The monoisotopic (exact) mass is 139 g/mol. The van der Waals surface area contributed by atoms with Crippen LogP contribution >= 0.6 is 0 Å². The normalized spacial score (nSPS) is 23.9. The van der Waals surface area contributed by atoms with Crippen LogP contribution in [0.5, 0.6) is 0 Å². The fraction of sp³-hybridized carbons (Fsp3) is 0.778. The van der Waals surface area contributed by atoms with Gasteiger partial charge in [-0.2, -0.15) is 0 Å². The SMILES string of the molecule is C=C(C)CC(N)C1(C)CC1. The molecule has 0 aromatic heterocycles. The van der Waals surface area contributed by atoms with E-state index in [1.807, 2.05) is 6.92 Å². The van der Waals surface area contributed by atoms with Gasteiger partial charge in [0.15, 0.2) is 0 Å². The van der Waals surface area contributed by atoms with Crippen molar-refractivity contribution in [1.82, 2.24) is 0 Å². The summed E-state index contributed by atoms with van der Waals surface area (Å²) in [5, 5.41) is 0. The van der Waals surface area contributed by atoms with Crippen molar-refractivity contribution in [2.24, 2.45) is 11.1 Å². The Morgan fingerprint density at radius 2 is 2.20 bits per heavy atom. The topological polar surface area (TPSA) is 26.0 Å². The molecule has 1 saturated carbocycles. The van der Waals surface area contributed by atoms with Crippen LogP contribution in [0.25, 0.3) is 0 Å². The smallest absolute Gasteiger partial charge is 0.0130 e. The van der Waals surface area contributed by atoms with E-state index in [9.17, 15) is 0 Å². The third-order valence-electron chi connectivity index (χ3n) is 2.50. The summed E-state index contributed by atoms with van der Waals surface area (Å²) in [6.07, 6.45) is 3.61. The van der Waals surface area contributed by atoms with Crippen LogP contribution < -0.4 is 5.73 Å². The molecule has 2 N–H and O–H groups in total. The highest BCUT2D eigenvalue weighted by atomic mass is 14.7. The average Bonchev–Trinajstić information content (AvgIpc) is 2.47. The third-order valence-corrected chi connectivity index (χ3v) is 2.50. The first-order valence-corrected chi connectivity index (χ1v) is 3.94. The van der Waals surface area contributed by atoms with Gasteiger partial charge in [0.2, 0.25) is 0 Å². The molecule has 0 aliphatic heterocycles. The summed E-state index contributed by atoms with van der Waals surface area (Å²) in [5.74, 6) is 0. The molecule has 1 heteroatoms. The van der Waals surface area contributed by atoms with Gasteiger partial charge in [-0.05, 0) is 31.6 Å². The summed E-state index contributed by atoms with van der Waals surface area (Å²) >= 11 is 0. The van der Waals surface area contributed by atoms with Gasteiger partial charge in [-0.3, -0.25) is 0 Å². The molecular weight excluding hydrogens is 122 g/mol. The Morgan fingerprint density at radius 3 is 2.50 bits per heavy atom. The number of hydrogen-bond acceptors (Lipinski definition) is 1. The molecule has 0 bridgehead atoms. The summed E-state index contributed by atoms with van der Waals surface area (Å²) in [4.78, 5) is 0. The van der Waals surface area contributed by atoms with Crippen LogP contribution in [0.3, 0.4) is 0 Å². The van der Waals surface area contributed by atoms with E-state index in [1.165, 1.54) is 18.4 Å². The molecule has 0 heterocycles. The highest BCUT2D eigenvalue weighted by Gasteiger charge is 2.42. The maximum absolute atomic E-state index is 5.95. The predicted molar refractivity (Wildman–Crippen MR) is 44.7 cm³/mol. The number of hydrogen-bond donors (Lipinski definition) is 1. The second kappa shape index (κ2) is 2.39. The van der Waals surface area contributed by atoms with Gasteiger partial charge in [-0.1, -0.05) is 12.5 Å². The summed E-state index contributed by atoms with van der Waals surface area (Å²) in [7, 11) is 0. The van der Waals surface area contributed by atoms with E-state index < -0.39 is 0 Å². The van der Waals surface area contributed by atoms with Crippen molar-refractivity contribution >= 4 is 0 Å².